The van der Waals surface area contributed by atoms with E-state index in [0.29, 0.717) is 5.92 Å². The number of carbonyl (C=O) groups is 1. The molecule has 1 heterocycles. The molecule has 1 aliphatic heterocycles. The van der Waals surface area contributed by atoms with Gasteiger partial charge >= 0.3 is 5.97 Å². The molecule has 1 saturated heterocycles. The van der Waals surface area contributed by atoms with Crippen LogP contribution >= 0.6 is 11.8 Å². The molecule has 0 bridgehead atoms. The third-order valence-corrected chi connectivity index (χ3v) is 4.14. The van der Waals surface area contributed by atoms with Gasteiger partial charge in [-0.1, -0.05) is 24.3 Å². The molecule has 1 aliphatic rings. The number of thioether (sulfide) groups is 1. The lowest BCUT2D eigenvalue weighted by molar-refractivity contribution is -0.137. The van der Waals surface area contributed by atoms with E-state index in [9.17, 15) is 4.79 Å². The first-order valence-corrected chi connectivity index (χ1v) is 6.47. The Kier molecular flexibility index (Phi) is 3.51. The first kappa shape index (κ1) is 11.5. The molecular formula is C12H15NO2S. The van der Waals surface area contributed by atoms with Gasteiger partial charge in [0.2, 0.25) is 0 Å². The van der Waals surface area contributed by atoms with Crippen molar-refractivity contribution in [2.45, 2.75) is 18.4 Å². The Labute approximate surface area is 99.0 Å². The van der Waals surface area contributed by atoms with E-state index in [-0.39, 0.29) is 6.42 Å². The number of aliphatic carboxylic acids is 1. The number of nitrogens with two attached hydrogens (primary N) is 1. The minimum atomic E-state index is -0.855. The first-order valence-electron chi connectivity index (χ1n) is 5.32. The van der Waals surface area contributed by atoms with Crippen molar-refractivity contribution >= 4 is 17.7 Å². The maximum absolute atomic E-state index is 10.5. The van der Waals surface area contributed by atoms with Crippen molar-refractivity contribution < 1.29 is 9.90 Å². The van der Waals surface area contributed by atoms with Crippen LogP contribution in [0.4, 0.5) is 0 Å². The molecule has 3 nitrogen and oxygen atoms in total. The first-order chi connectivity index (χ1) is 7.66. The molecule has 86 valence electrons. The summed E-state index contributed by atoms with van der Waals surface area (Å²) in [5.41, 5.74) is 8.02. The van der Waals surface area contributed by atoms with E-state index in [2.05, 4.69) is 12.1 Å². The average Bonchev–Trinajstić information content (AvgIpc) is 2.15. The van der Waals surface area contributed by atoms with Crippen molar-refractivity contribution in [2.24, 2.45) is 5.73 Å². The van der Waals surface area contributed by atoms with Crippen molar-refractivity contribution in [1.82, 2.24) is 0 Å². The molecule has 0 amide bonds. The molecule has 2 rings (SSSR count). The Morgan fingerprint density at radius 3 is 2.50 bits per heavy atom. The van der Waals surface area contributed by atoms with Crippen LogP contribution in [0.25, 0.3) is 0 Å². The zero-order valence-electron chi connectivity index (χ0n) is 8.93. The molecule has 1 aromatic carbocycles. The normalized spacial score (nSPS) is 17.8. The number of carboxylic acids is 1. The predicted molar refractivity (Wildman–Crippen MR) is 65.7 cm³/mol. The summed E-state index contributed by atoms with van der Waals surface area (Å²) in [4.78, 5) is 10.5. The van der Waals surface area contributed by atoms with E-state index in [4.69, 9.17) is 10.8 Å². The zero-order chi connectivity index (χ0) is 11.5. The van der Waals surface area contributed by atoms with Gasteiger partial charge in [-0.3, -0.25) is 4.79 Å². The third-order valence-electron chi connectivity index (χ3n) is 2.87. The molecule has 16 heavy (non-hydrogen) atoms. The smallest absolute Gasteiger partial charge is 0.305 e. The highest BCUT2D eigenvalue weighted by Gasteiger charge is 2.20. The van der Waals surface area contributed by atoms with Gasteiger partial charge in [0.1, 0.15) is 0 Å². The Morgan fingerprint density at radius 2 is 2.06 bits per heavy atom. The van der Waals surface area contributed by atoms with Crippen LogP contribution in [-0.4, -0.2) is 22.6 Å². The summed E-state index contributed by atoms with van der Waals surface area (Å²) in [5.74, 6) is 2.21. The van der Waals surface area contributed by atoms with E-state index in [1.54, 1.807) is 0 Å². The summed E-state index contributed by atoms with van der Waals surface area (Å²) in [6.45, 7) is 0. The Morgan fingerprint density at radius 1 is 1.44 bits per heavy atom. The molecule has 0 radical (unpaired) electrons. The number of rotatable bonds is 4. The quantitative estimate of drug-likeness (QED) is 0.840. The van der Waals surface area contributed by atoms with Crippen LogP contribution in [0.5, 0.6) is 0 Å². The lowest BCUT2D eigenvalue weighted by atomic mass is 9.97. The predicted octanol–water partition coefficient (Wildman–Crippen LogP) is 1.99. The van der Waals surface area contributed by atoms with Gasteiger partial charge in [0.15, 0.2) is 0 Å². The van der Waals surface area contributed by atoms with Crippen LogP contribution in [-0.2, 0) is 4.79 Å². The minimum absolute atomic E-state index is 0.0153. The summed E-state index contributed by atoms with van der Waals surface area (Å²) < 4.78 is 0. The fourth-order valence-corrected chi connectivity index (χ4v) is 2.61. The zero-order valence-corrected chi connectivity index (χ0v) is 9.74. The summed E-state index contributed by atoms with van der Waals surface area (Å²) in [7, 11) is 0. The van der Waals surface area contributed by atoms with Crippen LogP contribution in [0.3, 0.4) is 0 Å². The Hall–Kier alpha value is -1.00. The van der Waals surface area contributed by atoms with Crippen LogP contribution in [0.2, 0.25) is 0 Å². The second kappa shape index (κ2) is 4.89. The molecule has 1 atom stereocenters. The van der Waals surface area contributed by atoms with Gasteiger partial charge in [-0.05, 0) is 11.1 Å². The van der Waals surface area contributed by atoms with Crippen LogP contribution in [0.15, 0.2) is 24.3 Å². The molecule has 1 unspecified atom stereocenters. The largest absolute Gasteiger partial charge is 0.481 e. The lowest BCUT2D eigenvalue weighted by Crippen LogP contribution is -2.17. The fourth-order valence-electron chi connectivity index (χ4n) is 1.75. The van der Waals surface area contributed by atoms with Crippen molar-refractivity contribution in [1.29, 1.82) is 0 Å². The van der Waals surface area contributed by atoms with E-state index < -0.39 is 12.0 Å². The van der Waals surface area contributed by atoms with Crippen LogP contribution < -0.4 is 5.73 Å². The van der Waals surface area contributed by atoms with Crippen molar-refractivity contribution in [3.05, 3.63) is 35.4 Å². The number of hydrogen-bond acceptors (Lipinski definition) is 3. The Bertz CT molecular complexity index is 373. The van der Waals surface area contributed by atoms with E-state index in [1.165, 1.54) is 17.1 Å². The van der Waals surface area contributed by atoms with Crippen molar-refractivity contribution in [3.63, 3.8) is 0 Å². The van der Waals surface area contributed by atoms with Crippen LogP contribution in [0, 0.1) is 0 Å². The molecule has 0 spiro atoms. The molecule has 4 heteroatoms. The van der Waals surface area contributed by atoms with Gasteiger partial charge in [0.25, 0.3) is 0 Å². The summed E-state index contributed by atoms with van der Waals surface area (Å²) in [5, 5.41) is 8.65. The number of hydrogen-bond donors (Lipinski definition) is 2. The highest BCUT2D eigenvalue weighted by molar-refractivity contribution is 8.00. The monoisotopic (exact) mass is 237 g/mol. The molecule has 0 aromatic heterocycles. The second-order valence-corrected chi connectivity index (χ2v) is 5.18. The third kappa shape index (κ3) is 2.57. The van der Waals surface area contributed by atoms with E-state index >= 15 is 0 Å². The summed E-state index contributed by atoms with van der Waals surface area (Å²) >= 11 is 1.96. The van der Waals surface area contributed by atoms with Gasteiger partial charge in [-0.2, -0.15) is 11.8 Å². The summed E-state index contributed by atoms with van der Waals surface area (Å²) in [6.07, 6.45) is -0.0153. The van der Waals surface area contributed by atoms with Gasteiger partial charge in [-0.25, -0.2) is 0 Å². The Balaban J connectivity index is 2.03. The number of benzene rings is 1. The standard InChI is InChI=1S/C12H15NO2S/c13-11(5-12(14)15)9-3-1-8(2-4-9)10-6-16-7-10/h1-4,10-11H,5-7,13H2,(H,14,15). The highest BCUT2D eigenvalue weighted by atomic mass is 32.2. The maximum atomic E-state index is 10.5. The second-order valence-electron chi connectivity index (χ2n) is 4.11. The molecule has 1 fully saturated rings. The number of carboxylic acid groups (broad SMARTS) is 1. The molecule has 3 N–H and O–H groups in total. The molecule has 1 aromatic rings. The SMILES string of the molecule is NC(CC(=O)O)c1ccc(C2CSC2)cc1. The average molecular weight is 237 g/mol. The van der Waals surface area contributed by atoms with Gasteiger partial charge in [0.05, 0.1) is 6.42 Å². The van der Waals surface area contributed by atoms with Gasteiger partial charge < -0.3 is 10.8 Å². The topological polar surface area (TPSA) is 63.3 Å². The molecular weight excluding hydrogens is 222 g/mol. The van der Waals surface area contributed by atoms with Crippen LogP contribution in [0.1, 0.15) is 29.5 Å². The lowest BCUT2D eigenvalue weighted by Gasteiger charge is -2.25. The van der Waals surface area contributed by atoms with Gasteiger partial charge in [0, 0.05) is 23.5 Å². The van der Waals surface area contributed by atoms with Gasteiger partial charge in [-0.15, -0.1) is 0 Å². The highest BCUT2D eigenvalue weighted by Crippen LogP contribution is 2.34. The van der Waals surface area contributed by atoms with Crippen molar-refractivity contribution in [2.75, 3.05) is 11.5 Å². The fraction of sp³-hybridized carbons (Fsp3) is 0.417. The maximum Gasteiger partial charge on any atom is 0.305 e. The minimum Gasteiger partial charge on any atom is -0.481 e. The molecule has 0 saturated carbocycles. The van der Waals surface area contributed by atoms with E-state index in [1.807, 2.05) is 23.9 Å². The van der Waals surface area contributed by atoms with E-state index in [0.717, 1.165) is 5.56 Å². The summed E-state index contributed by atoms with van der Waals surface area (Å²) in [6, 6.07) is 7.64. The van der Waals surface area contributed by atoms with Crippen molar-refractivity contribution in [3.8, 4) is 0 Å². The molecule has 0 aliphatic carbocycles.